The van der Waals surface area contributed by atoms with Gasteiger partial charge in [-0.3, -0.25) is 0 Å². The monoisotopic (exact) mass is 289 g/mol. The molecular weight excluding hydrogens is 269 g/mol. The van der Waals surface area contributed by atoms with Gasteiger partial charge in [0.25, 0.3) is 0 Å². The standard InChI is InChI=1S/C17H20FNO2/c1-12(2)21-15-7-4-13(5-8-15)11-19-16-9-6-14(18)10-17(16)20-3/h4-10,12,19H,11H2,1-3H3. The van der Waals surface area contributed by atoms with Crippen molar-refractivity contribution in [3.05, 3.63) is 53.8 Å². The highest BCUT2D eigenvalue weighted by Crippen LogP contribution is 2.25. The average Bonchev–Trinajstić information content (AvgIpc) is 2.46. The Morgan fingerprint density at radius 2 is 1.81 bits per heavy atom. The summed E-state index contributed by atoms with van der Waals surface area (Å²) in [4.78, 5) is 0. The van der Waals surface area contributed by atoms with Gasteiger partial charge >= 0.3 is 0 Å². The van der Waals surface area contributed by atoms with E-state index >= 15 is 0 Å². The van der Waals surface area contributed by atoms with Crippen LogP contribution in [0.1, 0.15) is 19.4 Å². The van der Waals surface area contributed by atoms with Crippen LogP contribution in [-0.4, -0.2) is 13.2 Å². The molecule has 0 heterocycles. The van der Waals surface area contributed by atoms with Gasteiger partial charge in [0.15, 0.2) is 0 Å². The number of halogens is 1. The second-order valence-corrected chi connectivity index (χ2v) is 5.01. The number of methoxy groups -OCH3 is 1. The van der Waals surface area contributed by atoms with Crippen LogP contribution in [0.3, 0.4) is 0 Å². The van der Waals surface area contributed by atoms with Crippen LogP contribution in [0.25, 0.3) is 0 Å². The van der Waals surface area contributed by atoms with Crippen molar-refractivity contribution in [3.63, 3.8) is 0 Å². The molecule has 3 nitrogen and oxygen atoms in total. The summed E-state index contributed by atoms with van der Waals surface area (Å²) in [6, 6.07) is 12.3. The zero-order valence-electron chi connectivity index (χ0n) is 12.5. The Bertz CT molecular complexity index is 582. The molecule has 0 aliphatic rings. The highest BCUT2D eigenvalue weighted by molar-refractivity contribution is 5.56. The molecule has 0 fully saturated rings. The minimum atomic E-state index is -0.312. The zero-order valence-corrected chi connectivity index (χ0v) is 12.5. The molecule has 2 rings (SSSR count). The fraction of sp³-hybridized carbons (Fsp3) is 0.294. The van der Waals surface area contributed by atoms with Crippen LogP contribution in [0.2, 0.25) is 0 Å². The highest BCUT2D eigenvalue weighted by Gasteiger charge is 2.04. The summed E-state index contributed by atoms with van der Waals surface area (Å²) < 4.78 is 23.9. The minimum Gasteiger partial charge on any atom is -0.494 e. The maximum absolute atomic E-state index is 13.1. The molecule has 0 bridgehead atoms. The first kappa shape index (κ1) is 15.2. The van der Waals surface area contributed by atoms with Gasteiger partial charge in [-0.25, -0.2) is 4.39 Å². The third-order valence-electron chi connectivity index (χ3n) is 2.94. The molecule has 0 amide bonds. The quantitative estimate of drug-likeness (QED) is 0.863. The molecule has 0 aromatic heterocycles. The van der Waals surface area contributed by atoms with Crippen LogP contribution < -0.4 is 14.8 Å². The summed E-state index contributed by atoms with van der Waals surface area (Å²) in [5.41, 5.74) is 1.87. The average molecular weight is 289 g/mol. The predicted octanol–water partition coefficient (Wildman–Crippen LogP) is 4.23. The van der Waals surface area contributed by atoms with Gasteiger partial charge in [-0.05, 0) is 43.7 Å². The van der Waals surface area contributed by atoms with E-state index in [9.17, 15) is 4.39 Å². The molecule has 112 valence electrons. The number of anilines is 1. The van der Waals surface area contributed by atoms with Crippen LogP contribution in [0.5, 0.6) is 11.5 Å². The number of benzene rings is 2. The Morgan fingerprint density at radius 1 is 1.10 bits per heavy atom. The number of nitrogens with one attached hydrogen (secondary N) is 1. The van der Waals surface area contributed by atoms with E-state index in [0.717, 1.165) is 17.0 Å². The van der Waals surface area contributed by atoms with Crippen molar-refractivity contribution in [3.8, 4) is 11.5 Å². The van der Waals surface area contributed by atoms with E-state index in [0.29, 0.717) is 12.3 Å². The molecule has 1 N–H and O–H groups in total. The van der Waals surface area contributed by atoms with Crippen LogP contribution in [0, 0.1) is 5.82 Å². The van der Waals surface area contributed by atoms with Crippen molar-refractivity contribution < 1.29 is 13.9 Å². The lowest BCUT2D eigenvalue weighted by Crippen LogP contribution is -2.06. The van der Waals surface area contributed by atoms with Gasteiger partial charge in [-0.2, -0.15) is 0 Å². The van der Waals surface area contributed by atoms with Crippen molar-refractivity contribution in [2.24, 2.45) is 0 Å². The summed E-state index contributed by atoms with van der Waals surface area (Å²) in [6.07, 6.45) is 0.164. The predicted molar refractivity (Wildman–Crippen MR) is 82.5 cm³/mol. The normalized spacial score (nSPS) is 10.5. The van der Waals surface area contributed by atoms with E-state index in [1.165, 1.54) is 19.2 Å². The van der Waals surface area contributed by atoms with Gasteiger partial charge in [0.2, 0.25) is 0 Å². The van der Waals surface area contributed by atoms with Crippen LogP contribution in [0.4, 0.5) is 10.1 Å². The molecule has 21 heavy (non-hydrogen) atoms. The van der Waals surface area contributed by atoms with E-state index in [1.54, 1.807) is 6.07 Å². The highest BCUT2D eigenvalue weighted by atomic mass is 19.1. The minimum absolute atomic E-state index is 0.164. The molecule has 0 aliphatic carbocycles. The second kappa shape index (κ2) is 6.97. The summed E-state index contributed by atoms with van der Waals surface area (Å²) in [7, 11) is 1.53. The first-order valence-corrected chi connectivity index (χ1v) is 6.91. The van der Waals surface area contributed by atoms with Crippen molar-refractivity contribution >= 4 is 5.69 Å². The lowest BCUT2D eigenvalue weighted by molar-refractivity contribution is 0.242. The maximum atomic E-state index is 13.1. The molecule has 0 saturated carbocycles. The SMILES string of the molecule is COc1cc(F)ccc1NCc1ccc(OC(C)C)cc1. The molecule has 2 aromatic rings. The third kappa shape index (κ3) is 4.38. The smallest absolute Gasteiger partial charge is 0.144 e. The van der Waals surface area contributed by atoms with Crippen molar-refractivity contribution in [2.75, 3.05) is 12.4 Å². The number of ether oxygens (including phenoxy) is 2. The van der Waals surface area contributed by atoms with Gasteiger partial charge in [0.05, 0.1) is 18.9 Å². The van der Waals surface area contributed by atoms with Crippen LogP contribution in [0.15, 0.2) is 42.5 Å². The van der Waals surface area contributed by atoms with Gasteiger partial charge < -0.3 is 14.8 Å². The van der Waals surface area contributed by atoms with Crippen molar-refractivity contribution in [1.29, 1.82) is 0 Å². The van der Waals surface area contributed by atoms with Crippen molar-refractivity contribution in [1.82, 2.24) is 0 Å². The Labute approximate surface area is 124 Å². The fourth-order valence-electron chi connectivity index (χ4n) is 1.97. The zero-order chi connectivity index (χ0) is 15.2. The molecule has 0 aliphatic heterocycles. The Morgan fingerprint density at radius 3 is 2.43 bits per heavy atom. The lowest BCUT2D eigenvalue weighted by Gasteiger charge is -2.12. The van der Waals surface area contributed by atoms with E-state index in [1.807, 2.05) is 38.1 Å². The van der Waals surface area contributed by atoms with Gasteiger partial charge in [0, 0.05) is 12.6 Å². The number of rotatable bonds is 6. The fourth-order valence-corrected chi connectivity index (χ4v) is 1.97. The third-order valence-corrected chi connectivity index (χ3v) is 2.94. The molecule has 0 atom stereocenters. The van der Waals surface area contributed by atoms with Crippen LogP contribution in [-0.2, 0) is 6.54 Å². The van der Waals surface area contributed by atoms with Crippen LogP contribution >= 0.6 is 0 Å². The Balaban J connectivity index is 2.00. The van der Waals surface area contributed by atoms with Gasteiger partial charge in [-0.15, -0.1) is 0 Å². The largest absolute Gasteiger partial charge is 0.494 e. The molecule has 0 spiro atoms. The van der Waals surface area contributed by atoms with Crippen molar-refractivity contribution in [2.45, 2.75) is 26.5 Å². The molecular formula is C17H20FNO2. The summed E-state index contributed by atoms with van der Waals surface area (Å²) in [5, 5.41) is 3.24. The molecule has 0 radical (unpaired) electrons. The van der Waals surface area contributed by atoms with Gasteiger partial charge in [-0.1, -0.05) is 12.1 Å². The molecule has 0 saturated heterocycles. The first-order valence-electron chi connectivity index (χ1n) is 6.91. The summed E-state index contributed by atoms with van der Waals surface area (Å²) >= 11 is 0. The summed E-state index contributed by atoms with van der Waals surface area (Å²) in [5.74, 6) is 1.04. The summed E-state index contributed by atoms with van der Waals surface area (Å²) in [6.45, 7) is 4.62. The maximum Gasteiger partial charge on any atom is 0.144 e. The Kier molecular flexibility index (Phi) is 5.04. The van der Waals surface area contributed by atoms with E-state index in [4.69, 9.17) is 9.47 Å². The number of hydrogen-bond donors (Lipinski definition) is 1. The second-order valence-electron chi connectivity index (χ2n) is 5.01. The topological polar surface area (TPSA) is 30.5 Å². The molecule has 4 heteroatoms. The lowest BCUT2D eigenvalue weighted by atomic mass is 10.2. The first-order chi connectivity index (χ1) is 10.1. The van der Waals surface area contributed by atoms with E-state index in [-0.39, 0.29) is 11.9 Å². The van der Waals surface area contributed by atoms with Gasteiger partial charge in [0.1, 0.15) is 17.3 Å². The molecule has 0 unspecified atom stereocenters. The molecule has 2 aromatic carbocycles. The van der Waals surface area contributed by atoms with E-state index < -0.39 is 0 Å². The Hall–Kier alpha value is -2.23. The van der Waals surface area contributed by atoms with E-state index in [2.05, 4.69) is 5.32 Å². The number of hydrogen-bond acceptors (Lipinski definition) is 3.